The molecule has 1 heterocycles. The first kappa shape index (κ1) is 19.9. The molecule has 7 heteroatoms. The van der Waals surface area contributed by atoms with Crippen LogP contribution in [0.15, 0.2) is 41.7 Å². The van der Waals surface area contributed by atoms with Crippen molar-refractivity contribution in [2.75, 3.05) is 13.1 Å². The highest BCUT2D eigenvalue weighted by Crippen LogP contribution is 2.43. The van der Waals surface area contributed by atoms with Crippen LogP contribution in [-0.2, 0) is 14.4 Å². The number of amides is 2. The average molecular weight is 386 g/mol. The summed E-state index contributed by atoms with van der Waals surface area (Å²) in [5, 5.41) is 21.1. The lowest BCUT2D eigenvalue weighted by Gasteiger charge is -2.47. The van der Waals surface area contributed by atoms with Crippen LogP contribution in [0.2, 0.25) is 0 Å². The normalized spacial score (nSPS) is 23.9. The van der Waals surface area contributed by atoms with Crippen molar-refractivity contribution in [3.8, 4) is 0 Å². The molecule has 3 rings (SSSR count). The van der Waals surface area contributed by atoms with Gasteiger partial charge in [0.15, 0.2) is 0 Å². The van der Waals surface area contributed by atoms with Crippen molar-refractivity contribution in [2.24, 2.45) is 5.92 Å². The molecule has 0 spiro atoms. The molecule has 7 nitrogen and oxygen atoms in total. The lowest BCUT2D eigenvalue weighted by Crippen LogP contribution is -2.56. The van der Waals surface area contributed by atoms with Gasteiger partial charge in [-0.3, -0.25) is 14.4 Å². The average Bonchev–Trinajstić information content (AvgIpc) is 2.58. The molecule has 1 aliphatic carbocycles. The van der Waals surface area contributed by atoms with Crippen molar-refractivity contribution in [3.05, 3.63) is 47.2 Å². The molecule has 1 aromatic carbocycles. The topological polar surface area (TPSA) is 107 Å². The van der Waals surface area contributed by atoms with Crippen LogP contribution >= 0.6 is 0 Å². The van der Waals surface area contributed by atoms with Crippen LogP contribution in [0.3, 0.4) is 0 Å². The van der Waals surface area contributed by atoms with E-state index in [0.717, 1.165) is 12.8 Å². The summed E-state index contributed by atoms with van der Waals surface area (Å²) >= 11 is 0. The first-order valence-corrected chi connectivity index (χ1v) is 9.48. The SMILES string of the molecule is CC1(C)CC(O)=C(C(=O)NCC(=O)O)C(=O)N1CC1CC(c2ccccc2)C1. The molecule has 0 bridgehead atoms. The molecule has 0 atom stereocenters. The second-order valence-corrected chi connectivity index (χ2v) is 8.25. The van der Waals surface area contributed by atoms with Gasteiger partial charge in [-0.2, -0.15) is 0 Å². The van der Waals surface area contributed by atoms with Gasteiger partial charge < -0.3 is 20.4 Å². The van der Waals surface area contributed by atoms with Gasteiger partial charge in [-0.25, -0.2) is 0 Å². The number of aliphatic carboxylic acids is 1. The fourth-order valence-corrected chi connectivity index (χ4v) is 4.07. The number of hydrogen-bond donors (Lipinski definition) is 3. The Morgan fingerprint density at radius 2 is 1.86 bits per heavy atom. The standard InChI is InChI=1S/C21H26N2O5/c1-21(2)10-16(24)18(19(27)22-11-17(25)26)20(28)23(21)12-13-8-15(9-13)14-6-4-3-5-7-14/h3-7,13,15,24H,8-12H2,1-2H3,(H,22,27)(H,25,26). The zero-order valence-corrected chi connectivity index (χ0v) is 16.1. The quantitative estimate of drug-likeness (QED) is 0.650. The largest absolute Gasteiger partial charge is 0.511 e. The Morgan fingerprint density at radius 1 is 1.21 bits per heavy atom. The number of benzene rings is 1. The number of carbonyl (C=O) groups excluding carboxylic acids is 2. The Kier molecular flexibility index (Phi) is 5.45. The molecule has 3 N–H and O–H groups in total. The summed E-state index contributed by atoms with van der Waals surface area (Å²) < 4.78 is 0. The summed E-state index contributed by atoms with van der Waals surface area (Å²) in [4.78, 5) is 37.5. The minimum atomic E-state index is -1.21. The zero-order valence-electron chi connectivity index (χ0n) is 16.1. The maximum atomic E-state index is 13.0. The molecule has 2 amide bonds. The molecule has 1 saturated carbocycles. The number of carboxylic acid groups (broad SMARTS) is 1. The second-order valence-electron chi connectivity index (χ2n) is 8.25. The van der Waals surface area contributed by atoms with Crippen LogP contribution in [0.4, 0.5) is 0 Å². The molecular formula is C21H26N2O5. The number of carboxylic acids is 1. The Labute approximate surface area is 164 Å². The first-order chi connectivity index (χ1) is 13.2. The van der Waals surface area contributed by atoms with E-state index >= 15 is 0 Å². The predicted octanol–water partition coefficient (Wildman–Crippen LogP) is 2.20. The summed E-state index contributed by atoms with van der Waals surface area (Å²) in [5.41, 5.74) is 0.337. The monoisotopic (exact) mass is 386 g/mol. The van der Waals surface area contributed by atoms with Crippen molar-refractivity contribution in [3.63, 3.8) is 0 Å². The number of aliphatic hydroxyl groups excluding tert-OH is 1. The molecule has 1 fully saturated rings. The number of nitrogens with zero attached hydrogens (tertiary/aromatic N) is 1. The Hall–Kier alpha value is -2.83. The fraction of sp³-hybridized carbons (Fsp3) is 0.476. The van der Waals surface area contributed by atoms with Crippen molar-refractivity contribution < 1.29 is 24.6 Å². The number of aliphatic hydroxyl groups is 1. The van der Waals surface area contributed by atoms with Gasteiger partial charge in [0.05, 0.1) is 0 Å². The van der Waals surface area contributed by atoms with E-state index in [1.165, 1.54) is 5.56 Å². The lowest BCUT2D eigenvalue weighted by molar-refractivity contribution is -0.141. The van der Waals surface area contributed by atoms with Crippen LogP contribution in [0.1, 0.15) is 44.6 Å². The van der Waals surface area contributed by atoms with Gasteiger partial charge in [0.25, 0.3) is 11.8 Å². The Bertz CT molecular complexity index is 809. The van der Waals surface area contributed by atoms with Crippen LogP contribution in [-0.4, -0.2) is 51.5 Å². The minimum Gasteiger partial charge on any atom is -0.511 e. The maximum Gasteiger partial charge on any atom is 0.322 e. The third kappa shape index (κ3) is 4.03. The molecule has 2 aliphatic rings. The van der Waals surface area contributed by atoms with Gasteiger partial charge in [-0.05, 0) is 44.1 Å². The summed E-state index contributed by atoms with van der Waals surface area (Å²) in [7, 11) is 0. The van der Waals surface area contributed by atoms with Crippen molar-refractivity contribution in [1.29, 1.82) is 0 Å². The van der Waals surface area contributed by atoms with E-state index in [9.17, 15) is 19.5 Å². The van der Waals surface area contributed by atoms with Crippen LogP contribution in [0.5, 0.6) is 0 Å². The van der Waals surface area contributed by atoms with E-state index in [2.05, 4.69) is 17.4 Å². The lowest BCUT2D eigenvalue weighted by atomic mass is 9.70. The van der Waals surface area contributed by atoms with E-state index in [-0.39, 0.29) is 17.8 Å². The Balaban J connectivity index is 1.68. The third-order valence-electron chi connectivity index (χ3n) is 5.65. The summed E-state index contributed by atoms with van der Waals surface area (Å²) in [6.45, 7) is 3.63. The third-order valence-corrected chi connectivity index (χ3v) is 5.65. The van der Waals surface area contributed by atoms with E-state index < -0.39 is 29.9 Å². The van der Waals surface area contributed by atoms with Gasteiger partial charge in [-0.1, -0.05) is 30.3 Å². The van der Waals surface area contributed by atoms with E-state index in [4.69, 9.17) is 5.11 Å². The second kappa shape index (κ2) is 7.66. The molecule has 0 radical (unpaired) electrons. The Morgan fingerprint density at radius 3 is 2.46 bits per heavy atom. The fourth-order valence-electron chi connectivity index (χ4n) is 4.07. The molecular weight excluding hydrogens is 360 g/mol. The molecule has 0 saturated heterocycles. The van der Waals surface area contributed by atoms with Crippen molar-refractivity contribution in [1.82, 2.24) is 10.2 Å². The molecule has 1 aromatic rings. The van der Waals surface area contributed by atoms with E-state index in [0.29, 0.717) is 18.4 Å². The van der Waals surface area contributed by atoms with Crippen LogP contribution in [0.25, 0.3) is 0 Å². The molecule has 0 unspecified atom stereocenters. The molecule has 0 aromatic heterocycles. The molecule has 1 aliphatic heterocycles. The first-order valence-electron chi connectivity index (χ1n) is 9.48. The van der Waals surface area contributed by atoms with Gasteiger partial charge in [0.1, 0.15) is 17.9 Å². The van der Waals surface area contributed by atoms with Gasteiger partial charge >= 0.3 is 5.97 Å². The zero-order chi connectivity index (χ0) is 20.5. The number of hydrogen-bond acceptors (Lipinski definition) is 4. The smallest absolute Gasteiger partial charge is 0.322 e. The van der Waals surface area contributed by atoms with Crippen molar-refractivity contribution in [2.45, 2.75) is 44.6 Å². The molecule has 28 heavy (non-hydrogen) atoms. The van der Waals surface area contributed by atoms with Gasteiger partial charge in [0, 0.05) is 18.5 Å². The summed E-state index contributed by atoms with van der Waals surface area (Å²) in [5.74, 6) is -2.07. The van der Waals surface area contributed by atoms with E-state index in [1.54, 1.807) is 4.90 Å². The van der Waals surface area contributed by atoms with Gasteiger partial charge in [0.2, 0.25) is 0 Å². The highest BCUT2D eigenvalue weighted by molar-refractivity contribution is 6.19. The highest BCUT2D eigenvalue weighted by Gasteiger charge is 2.44. The predicted molar refractivity (Wildman–Crippen MR) is 103 cm³/mol. The number of carbonyl (C=O) groups is 3. The van der Waals surface area contributed by atoms with Crippen molar-refractivity contribution >= 4 is 17.8 Å². The highest BCUT2D eigenvalue weighted by atomic mass is 16.4. The number of nitrogens with one attached hydrogen (secondary N) is 1. The summed E-state index contributed by atoms with van der Waals surface area (Å²) in [6.07, 6.45) is 2.10. The van der Waals surface area contributed by atoms with Gasteiger partial charge in [-0.15, -0.1) is 0 Å². The molecule has 150 valence electrons. The van der Waals surface area contributed by atoms with Crippen LogP contribution < -0.4 is 5.32 Å². The summed E-state index contributed by atoms with van der Waals surface area (Å²) in [6, 6.07) is 10.3. The number of rotatable bonds is 6. The van der Waals surface area contributed by atoms with E-state index in [1.807, 2.05) is 32.0 Å². The minimum absolute atomic E-state index is 0.156. The van der Waals surface area contributed by atoms with Crippen LogP contribution in [0, 0.1) is 5.92 Å². The maximum absolute atomic E-state index is 13.0.